The molecule has 1 atom stereocenters. The van der Waals surface area contributed by atoms with Crippen LogP contribution >= 0.6 is 0 Å². The molecule has 0 aromatic rings. The van der Waals surface area contributed by atoms with Crippen molar-refractivity contribution >= 4 is 0 Å². The fourth-order valence-electron chi connectivity index (χ4n) is 3.37. The van der Waals surface area contributed by atoms with Crippen LogP contribution in [-0.2, 0) is 4.74 Å². The second-order valence-corrected chi connectivity index (χ2v) is 8.85. The van der Waals surface area contributed by atoms with Gasteiger partial charge in [-0.05, 0) is 48.1 Å². The lowest BCUT2D eigenvalue weighted by Crippen LogP contribution is -2.60. The molecule has 1 unspecified atom stereocenters. The van der Waals surface area contributed by atoms with E-state index in [1.807, 2.05) is 0 Å². The van der Waals surface area contributed by atoms with E-state index in [9.17, 15) is 0 Å². The summed E-state index contributed by atoms with van der Waals surface area (Å²) in [7, 11) is 2.24. The van der Waals surface area contributed by atoms with Crippen LogP contribution in [0.5, 0.6) is 0 Å². The maximum absolute atomic E-state index is 5.76. The standard InChI is InChI=1S/C17H35N3O/c1-15(2,3)18-11-17(7-10-21-14-17)13-20-9-8-19(6)16(4,5)12-20/h18H,7-14H2,1-6H3. The van der Waals surface area contributed by atoms with Crippen LogP contribution in [0.4, 0.5) is 0 Å². The van der Waals surface area contributed by atoms with E-state index >= 15 is 0 Å². The van der Waals surface area contributed by atoms with Gasteiger partial charge in [0.1, 0.15) is 0 Å². The molecule has 0 saturated carbocycles. The van der Waals surface area contributed by atoms with E-state index in [4.69, 9.17) is 4.74 Å². The molecule has 4 heteroatoms. The highest BCUT2D eigenvalue weighted by molar-refractivity contribution is 4.95. The normalized spacial score (nSPS) is 31.7. The first kappa shape index (κ1) is 17.2. The van der Waals surface area contributed by atoms with Crippen LogP contribution in [0, 0.1) is 5.41 Å². The van der Waals surface area contributed by atoms with Gasteiger partial charge in [0.05, 0.1) is 6.61 Å². The van der Waals surface area contributed by atoms with E-state index in [-0.39, 0.29) is 11.1 Å². The Morgan fingerprint density at radius 2 is 1.90 bits per heavy atom. The summed E-state index contributed by atoms with van der Waals surface area (Å²) in [6.45, 7) is 19.0. The van der Waals surface area contributed by atoms with E-state index in [2.05, 4.69) is 56.8 Å². The fourth-order valence-corrected chi connectivity index (χ4v) is 3.37. The number of nitrogens with one attached hydrogen (secondary N) is 1. The van der Waals surface area contributed by atoms with Crippen molar-refractivity contribution in [1.29, 1.82) is 0 Å². The number of likely N-dealkylation sites (N-methyl/N-ethyl adjacent to an activating group) is 1. The molecule has 2 aliphatic heterocycles. The van der Waals surface area contributed by atoms with Gasteiger partial charge >= 0.3 is 0 Å². The first-order valence-corrected chi connectivity index (χ1v) is 8.38. The van der Waals surface area contributed by atoms with Crippen molar-refractivity contribution in [1.82, 2.24) is 15.1 Å². The van der Waals surface area contributed by atoms with Gasteiger partial charge in [-0.25, -0.2) is 0 Å². The smallest absolute Gasteiger partial charge is 0.0547 e. The Bertz CT molecular complexity index is 342. The lowest BCUT2D eigenvalue weighted by Gasteiger charge is -2.47. The van der Waals surface area contributed by atoms with Gasteiger partial charge in [0.2, 0.25) is 0 Å². The van der Waals surface area contributed by atoms with Crippen molar-refractivity contribution in [3.05, 3.63) is 0 Å². The van der Waals surface area contributed by atoms with Gasteiger partial charge in [0.15, 0.2) is 0 Å². The summed E-state index contributed by atoms with van der Waals surface area (Å²) >= 11 is 0. The van der Waals surface area contributed by atoms with Crippen LogP contribution in [0.1, 0.15) is 41.0 Å². The summed E-state index contributed by atoms with van der Waals surface area (Å²) in [6, 6.07) is 0. The third kappa shape index (κ3) is 4.65. The monoisotopic (exact) mass is 297 g/mol. The molecule has 0 aliphatic carbocycles. The fraction of sp³-hybridized carbons (Fsp3) is 1.00. The third-order valence-corrected chi connectivity index (χ3v) is 5.13. The molecule has 0 radical (unpaired) electrons. The first-order chi connectivity index (χ1) is 9.62. The zero-order chi connectivity index (χ0) is 15.7. The van der Waals surface area contributed by atoms with Crippen molar-refractivity contribution in [2.75, 3.05) is 53.0 Å². The second kappa shape index (κ2) is 6.15. The van der Waals surface area contributed by atoms with E-state index in [1.165, 1.54) is 13.0 Å². The molecule has 1 N–H and O–H groups in total. The second-order valence-electron chi connectivity index (χ2n) is 8.85. The minimum absolute atomic E-state index is 0.178. The van der Waals surface area contributed by atoms with Gasteiger partial charge in [-0.3, -0.25) is 9.80 Å². The number of hydrogen-bond acceptors (Lipinski definition) is 4. The molecule has 4 nitrogen and oxygen atoms in total. The highest BCUT2D eigenvalue weighted by Gasteiger charge is 2.40. The van der Waals surface area contributed by atoms with E-state index in [1.54, 1.807) is 0 Å². The van der Waals surface area contributed by atoms with Gasteiger partial charge in [0.25, 0.3) is 0 Å². The van der Waals surface area contributed by atoms with Crippen LogP contribution in [0.2, 0.25) is 0 Å². The Morgan fingerprint density at radius 1 is 1.19 bits per heavy atom. The molecular weight excluding hydrogens is 262 g/mol. The molecule has 2 aliphatic rings. The molecule has 0 aromatic carbocycles. The molecular formula is C17H35N3O. The maximum atomic E-state index is 5.76. The van der Waals surface area contributed by atoms with E-state index in [0.717, 1.165) is 39.4 Å². The van der Waals surface area contributed by atoms with Gasteiger partial charge in [-0.15, -0.1) is 0 Å². The number of ether oxygens (including phenoxy) is 1. The summed E-state index contributed by atoms with van der Waals surface area (Å²) in [5.41, 5.74) is 0.743. The maximum Gasteiger partial charge on any atom is 0.0547 e. The molecule has 0 amide bonds. The Labute approximate surface area is 131 Å². The van der Waals surface area contributed by atoms with Gasteiger partial charge in [-0.1, -0.05) is 0 Å². The molecule has 0 aromatic heterocycles. The summed E-state index contributed by atoms with van der Waals surface area (Å²) < 4.78 is 5.76. The molecule has 2 heterocycles. The zero-order valence-electron chi connectivity index (χ0n) is 15.0. The molecule has 124 valence electrons. The van der Waals surface area contributed by atoms with E-state index in [0.29, 0.717) is 5.41 Å². The zero-order valence-corrected chi connectivity index (χ0v) is 15.0. The van der Waals surface area contributed by atoms with Crippen LogP contribution in [0.15, 0.2) is 0 Å². The number of hydrogen-bond donors (Lipinski definition) is 1. The van der Waals surface area contributed by atoms with Crippen LogP contribution in [0.25, 0.3) is 0 Å². The van der Waals surface area contributed by atoms with Crippen molar-refractivity contribution in [2.45, 2.75) is 52.1 Å². The number of piperazine rings is 1. The average Bonchev–Trinajstić information content (AvgIpc) is 2.80. The van der Waals surface area contributed by atoms with Crippen molar-refractivity contribution in [3.8, 4) is 0 Å². The molecule has 2 saturated heterocycles. The van der Waals surface area contributed by atoms with Crippen LogP contribution in [-0.4, -0.2) is 73.9 Å². The van der Waals surface area contributed by atoms with E-state index < -0.39 is 0 Å². The largest absolute Gasteiger partial charge is 0.381 e. The first-order valence-electron chi connectivity index (χ1n) is 8.38. The minimum Gasteiger partial charge on any atom is -0.381 e. The van der Waals surface area contributed by atoms with Crippen LogP contribution < -0.4 is 5.32 Å². The Hall–Kier alpha value is -0.160. The molecule has 0 bridgehead atoms. The third-order valence-electron chi connectivity index (χ3n) is 5.13. The highest BCUT2D eigenvalue weighted by Crippen LogP contribution is 2.31. The van der Waals surface area contributed by atoms with Crippen molar-refractivity contribution in [3.63, 3.8) is 0 Å². The lowest BCUT2D eigenvalue weighted by atomic mass is 9.84. The van der Waals surface area contributed by atoms with Gasteiger partial charge < -0.3 is 10.1 Å². The predicted octanol–water partition coefficient (Wildman–Crippen LogP) is 1.81. The topological polar surface area (TPSA) is 27.7 Å². The molecule has 21 heavy (non-hydrogen) atoms. The summed E-state index contributed by atoms with van der Waals surface area (Å²) in [5.74, 6) is 0. The molecule has 2 rings (SSSR count). The predicted molar refractivity (Wildman–Crippen MR) is 88.8 cm³/mol. The number of nitrogens with zero attached hydrogens (tertiary/aromatic N) is 2. The SMILES string of the molecule is CN1CCN(CC2(CNC(C)(C)C)CCOC2)CC1(C)C. The molecule has 2 fully saturated rings. The molecule has 0 spiro atoms. The van der Waals surface area contributed by atoms with Crippen molar-refractivity contribution < 1.29 is 4.74 Å². The number of rotatable bonds is 4. The highest BCUT2D eigenvalue weighted by atomic mass is 16.5. The Balaban J connectivity index is 1.97. The minimum atomic E-state index is 0.178. The average molecular weight is 297 g/mol. The van der Waals surface area contributed by atoms with Gasteiger partial charge in [0, 0.05) is 55.8 Å². The van der Waals surface area contributed by atoms with Crippen molar-refractivity contribution in [2.24, 2.45) is 5.41 Å². The lowest BCUT2D eigenvalue weighted by molar-refractivity contribution is 0.0115. The van der Waals surface area contributed by atoms with Gasteiger partial charge in [-0.2, -0.15) is 0 Å². The Kier molecular flexibility index (Phi) is 5.04. The Morgan fingerprint density at radius 3 is 2.43 bits per heavy atom. The summed E-state index contributed by atoms with van der Waals surface area (Å²) in [5, 5.41) is 3.71. The summed E-state index contributed by atoms with van der Waals surface area (Å²) in [6.07, 6.45) is 1.18. The quantitative estimate of drug-likeness (QED) is 0.856. The van der Waals surface area contributed by atoms with Crippen LogP contribution in [0.3, 0.4) is 0 Å². The summed E-state index contributed by atoms with van der Waals surface area (Å²) in [4.78, 5) is 5.13.